The van der Waals surface area contributed by atoms with Crippen LogP contribution in [0.5, 0.6) is 0 Å². The summed E-state index contributed by atoms with van der Waals surface area (Å²) in [5, 5.41) is 13.5. The van der Waals surface area contributed by atoms with E-state index in [0.29, 0.717) is 12.2 Å². The molecule has 3 N–H and O–H groups in total. The SMILES string of the molecule is CCc1cccc(C)c1NC(=O)c1n[nH]c2c1CNCC2.Cl. The number of nitrogens with one attached hydrogen (secondary N) is 3. The normalized spacial score (nSPS) is 13.2. The average molecular weight is 321 g/mol. The van der Waals surface area contributed by atoms with Crippen LogP contribution in [0.1, 0.15) is 39.8 Å². The molecular formula is C16H21ClN4O. The largest absolute Gasteiger partial charge is 0.320 e. The number of aryl methyl sites for hydroxylation is 2. The lowest BCUT2D eigenvalue weighted by atomic mass is 10.0. The molecule has 1 aromatic carbocycles. The topological polar surface area (TPSA) is 69.8 Å². The number of anilines is 1. The summed E-state index contributed by atoms with van der Waals surface area (Å²) in [7, 11) is 0. The number of amides is 1. The van der Waals surface area contributed by atoms with Crippen molar-refractivity contribution in [3.05, 3.63) is 46.3 Å². The molecule has 1 aromatic heterocycles. The zero-order chi connectivity index (χ0) is 14.8. The fourth-order valence-electron chi connectivity index (χ4n) is 2.79. The number of carbonyl (C=O) groups excluding carboxylic acids is 1. The molecule has 1 aliphatic heterocycles. The lowest BCUT2D eigenvalue weighted by Crippen LogP contribution is -2.25. The fraction of sp³-hybridized carbons (Fsp3) is 0.375. The molecule has 2 aromatic rings. The summed E-state index contributed by atoms with van der Waals surface area (Å²) in [5.41, 5.74) is 5.69. The van der Waals surface area contributed by atoms with E-state index in [1.54, 1.807) is 0 Å². The van der Waals surface area contributed by atoms with Crippen molar-refractivity contribution in [1.82, 2.24) is 15.5 Å². The molecule has 0 fully saturated rings. The van der Waals surface area contributed by atoms with E-state index in [4.69, 9.17) is 0 Å². The van der Waals surface area contributed by atoms with Crippen LogP contribution >= 0.6 is 12.4 Å². The highest BCUT2D eigenvalue weighted by Gasteiger charge is 2.22. The number of aromatic nitrogens is 2. The Balaban J connectivity index is 0.00000176. The quantitative estimate of drug-likeness (QED) is 0.814. The second-order valence-electron chi connectivity index (χ2n) is 5.37. The first-order valence-corrected chi connectivity index (χ1v) is 7.37. The van der Waals surface area contributed by atoms with E-state index >= 15 is 0 Å². The standard InChI is InChI=1S/C16H20N4O.ClH/c1-3-11-6-4-5-10(2)14(11)18-16(21)15-12-9-17-8-7-13(12)19-20-15;/h4-6,17H,3,7-9H2,1-2H3,(H,18,21)(H,19,20);1H. The molecule has 6 heteroatoms. The summed E-state index contributed by atoms with van der Waals surface area (Å²) in [6.07, 6.45) is 1.78. The number of rotatable bonds is 3. The van der Waals surface area contributed by atoms with Gasteiger partial charge in [0.25, 0.3) is 5.91 Å². The van der Waals surface area contributed by atoms with Gasteiger partial charge in [-0.3, -0.25) is 9.89 Å². The summed E-state index contributed by atoms with van der Waals surface area (Å²) < 4.78 is 0. The van der Waals surface area contributed by atoms with Gasteiger partial charge < -0.3 is 10.6 Å². The van der Waals surface area contributed by atoms with Crippen LogP contribution in [0.25, 0.3) is 0 Å². The number of aromatic amines is 1. The molecule has 0 bridgehead atoms. The molecule has 0 unspecified atom stereocenters. The highest BCUT2D eigenvalue weighted by atomic mass is 35.5. The fourth-order valence-corrected chi connectivity index (χ4v) is 2.79. The third-order valence-corrected chi connectivity index (χ3v) is 4.00. The molecule has 1 amide bonds. The van der Waals surface area contributed by atoms with Gasteiger partial charge >= 0.3 is 0 Å². The zero-order valence-corrected chi connectivity index (χ0v) is 13.6. The monoisotopic (exact) mass is 320 g/mol. The summed E-state index contributed by atoms with van der Waals surface area (Å²) in [6, 6.07) is 6.07. The number of hydrogen-bond acceptors (Lipinski definition) is 3. The van der Waals surface area contributed by atoms with Gasteiger partial charge in [0, 0.05) is 36.5 Å². The Morgan fingerprint density at radius 2 is 2.23 bits per heavy atom. The van der Waals surface area contributed by atoms with Gasteiger partial charge in [0.05, 0.1) is 0 Å². The van der Waals surface area contributed by atoms with Gasteiger partial charge in [-0.2, -0.15) is 5.10 Å². The van der Waals surface area contributed by atoms with Crippen LogP contribution < -0.4 is 10.6 Å². The number of benzene rings is 1. The molecular weight excluding hydrogens is 300 g/mol. The smallest absolute Gasteiger partial charge is 0.276 e. The maximum atomic E-state index is 12.5. The minimum absolute atomic E-state index is 0. The molecule has 5 nitrogen and oxygen atoms in total. The Kier molecular flexibility index (Phi) is 5.21. The predicted molar refractivity (Wildman–Crippen MR) is 89.8 cm³/mol. The van der Waals surface area contributed by atoms with Crippen molar-refractivity contribution in [2.45, 2.75) is 33.2 Å². The number of carbonyl (C=O) groups is 1. The Morgan fingerprint density at radius 1 is 1.41 bits per heavy atom. The van der Waals surface area contributed by atoms with Crippen LogP contribution in [0.3, 0.4) is 0 Å². The number of H-pyrrole nitrogens is 1. The van der Waals surface area contributed by atoms with E-state index in [0.717, 1.165) is 47.5 Å². The van der Waals surface area contributed by atoms with Gasteiger partial charge in [0.1, 0.15) is 0 Å². The van der Waals surface area contributed by atoms with Gasteiger partial charge in [-0.1, -0.05) is 25.1 Å². The van der Waals surface area contributed by atoms with E-state index < -0.39 is 0 Å². The molecule has 0 aliphatic carbocycles. The Morgan fingerprint density at radius 3 is 3.00 bits per heavy atom. The third kappa shape index (κ3) is 3.00. The molecule has 0 atom stereocenters. The first kappa shape index (κ1) is 16.5. The molecule has 118 valence electrons. The van der Waals surface area contributed by atoms with E-state index in [2.05, 4.69) is 27.8 Å². The summed E-state index contributed by atoms with van der Waals surface area (Å²) in [5.74, 6) is -0.139. The molecule has 2 heterocycles. The summed E-state index contributed by atoms with van der Waals surface area (Å²) in [6.45, 7) is 5.72. The predicted octanol–water partition coefficient (Wildman–Crippen LogP) is 2.60. The van der Waals surface area contributed by atoms with E-state index in [1.165, 1.54) is 0 Å². The highest BCUT2D eigenvalue weighted by molar-refractivity contribution is 6.04. The van der Waals surface area contributed by atoms with Gasteiger partial charge in [-0.25, -0.2) is 0 Å². The van der Waals surface area contributed by atoms with Crippen molar-refractivity contribution >= 4 is 24.0 Å². The Bertz CT molecular complexity index is 681. The third-order valence-electron chi connectivity index (χ3n) is 4.00. The minimum Gasteiger partial charge on any atom is -0.320 e. The highest BCUT2D eigenvalue weighted by Crippen LogP contribution is 2.23. The van der Waals surface area contributed by atoms with Crippen LogP contribution in [0.15, 0.2) is 18.2 Å². The first-order chi connectivity index (χ1) is 10.2. The van der Waals surface area contributed by atoms with Gasteiger partial charge in [0.2, 0.25) is 0 Å². The van der Waals surface area contributed by atoms with Crippen LogP contribution in [0.2, 0.25) is 0 Å². The van der Waals surface area contributed by atoms with Crippen molar-refractivity contribution < 1.29 is 4.79 Å². The van der Waals surface area contributed by atoms with Crippen molar-refractivity contribution in [3.63, 3.8) is 0 Å². The lowest BCUT2D eigenvalue weighted by Gasteiger charge is -2.15. The van der Waals surface area contributed by atoms with Gasteiger partial charge in [0.15, 0.2) is 5.69 Å². The Labute approximate surface area is 136 Å². The van der Waals surface area contributed by atoms with E-state index in [-0.39, 0.29) is 18.3 Å². The van der Waals surface area contributed by atoms with Crippen LogP contribution in [0.4, 0.5) is 5.69 Å². The summed E-state index contributed by atoms with van der Waals surface area (Å²) in [4.78, 5) is 12.5. The molecule has 0 saturated carbocycles. The minimum atomic E-state index is -0.139. The number of para-hydroxylation sites is 1. The summed E-state index contributed by atoms with van der Waals surface area (Å²) >= 11 is 0. The van der Waals surface area contributed by atoms with Gasteiger partial charge in [-0.15, -0.1) is 12.4 Å². The molecule has 0 radical (unpaired) electrons. The molecule has 1 aliphatic rings. The van der Waals surface area contributed by atoms with Crippen molar-refractivity contribution in [3.8, 4) is 0 Å². The van der Waals surface area contributed by atoms with Gasteiger partial charge in [-0.05, 0) is 24.5 Å². The molecule has 0 spiro atoms. The Hall–Kier alpha value is -1.85. The molecule has 22 heavy (non-hydrogen) atoms. The van der Waals surface area contributed by atoms with Crippen LogP contribution in [0, 0.1) is 6.92 Å². The van der Waals surface area contributed by atoms with Crippen LogP contribution in [-0.2, 0) is 19.4 Å². The molecule has 0 saturated heterocycles. The van der Waals surface area contributed by atoms with E-state index in [9.17, 15) is 4.79 Å². The average Bonchev–Trinajstić information content (AvgIpc) is 2.93. The van der Waals surface area contributed by atoms with Crippen molar-refractivity contribution in [2.24, 2.45) is 0 Å². The van der Waals surface area contributed by atoms with Crippen LogP contribution in [-0.4, -0.2) is 22.6 Å². The zero-order valence-electron chi connectivity index (χ0n) is 12.8. The first-order valence-electron chi connectivity index (χ1n) is 7.37. The maximum Gasteiger partial charge on any atom is 0.276 e. The number of nitrogens with zero attached hydrogens (tertiary/aromatic N) is 1. The van der Waals surface area contributed by atoms with Crippen molar-refractivity contribution in [1.29, 1.82) is 0 Å². The number of hydrogen-bond donors (Lipinski definition) is 3. The van der Waals surface area contributed by atoms with E-state index in [1.807, 2.05) is 25.1 Å². The molecule has 3 rings (SSSR count). The lowest BCUT2D eigenvalue weighted by molar-refractivity contribution is 0.102. The van der Waals surface area contributed by atoms with Crippen molar-refractivity contribution in [2.75, 3.05) is 11.9 Å². The second kappa shape index (κ2) is 6.94. The second-order valence-corrected chi connectivity index (χ2v) is 5.37. The maximum absolute atomic E-state index is 12.5. The number of fused-ring (bicyclic) bond motifs is 1. The number of halogens is 1.